The number of hydrogen-bond donors (Lipinski definition) is 1. The van der Waals surface area contributed by atoms with Crippen molar-refractivity contribution in [2.24, 2.45) is 0 Å². The van der Waals surface area contributed by atoms with Gasteiger partial charge in [0.1, 0.15) is 11.5 Å². The van der Waals surface area contributed by atoms with E-state index >= 15 is 0 Å². The van der Waals surface area contributed by atoms with Crippen molar-refractivity contribution in [1.82, 2.24) is 0 Å². The summed E-state index contributed by atoms with van der Waals surface area (Å²) < 4.78 is 37.4. The molecule has 2 aromatic rings. The number of hydrogen-bond acceptors (Lipinski definition) is 4. The zero-order chi connectivity index (χ0) is 19.7. The van der Waals surface area contributed by atoms with Crippen LogP contribution in [0.4, 0.5) is 0 Å². The van der Waals surface area contributed by atoms with Crippen LogP contribution in [0, 0.1) is 0 Å². The van der Waals surface area contributed by atoms with E-state index in [0.29, 0.717) is 0 Å². The van der Waals surface area contributed by atoms with Gasteiger partial charge >= 0.3 is 51.4 Å². The molecule has 0 bridgehead atoms. The number of para-hydroxylation sites is 1. The fraction of sp³-hybridized carbons (Fsp3) is 0.429. The Balaban J connectivity index is 0.00000392. The van der Waals surface area contributed by atoms with Crippen molar-refractivity contribution in [3.8, 4) is 17.2 Å². The second-order valence-corrected chi connectivity index (χ2v) is 8.09. The average Bonchev–Trinajstić information content (AvgIpc) is 2.63. The molecule has 0 aliphatic heterocycles. The molecule has 5 nitrogen and oxygen atoms in total. The van der Waals surface area contributed by atoms with Crippen LogP contribution in [0.2, 0.25) is 0 Å². The molecule has 0 aromatic heterocycles. The van der Waals surface area contributed by atoms with Crippen molar-refractivity contribution in [3.63, 3.8) is 0 Å². The van der Waals surface area contributed by atoms with Crippen LogP contribution >= 0.6 is 0 Å². The minimum atomic E-state index is -4.32. The number of unbranched alkanes of at least 4 members (excludes halogenated alkanes) is 6. The number of aryl methyl sites for hydroxylation is 1. The second-order valence-electron chi connectivity index (χ2n) is 6.67. The van der Waals surface area contributed by atoms with Crippen molar-refractivity contribution in [1.29, 1.82) is 0 Å². The van der Waals surface area contributed by atoms with Crippen LogP contribution in [-0.4, -0.2) is 13.0 Å². The van der Waals surface area contributed by atoms with Gasteiger partial charge in [-0.1, -0.05) is 75.5 Å². The van der Waals surface area contributed by atoms with Crippen LogP contribution in [0.1, 0.15) is 57.4 Å². The van der Waals surface area contributed by atoms with Crippen molar-refractivity contribution in [3.05, 3.63) is 48.0 Å². The smallest absolute Gasteiger partial charge is 0.870 e. The quantitative estimate of drug-likeness (QED) is 0.335. The van der Waals surface area contributed by atoms with E-state index in [9.17, 15) is 13.5 Å². The molecular formula is C21H27KO5S. The Kier molecular flexibility index (Phi) is 11.9. The molecule has 0 radical (unpaired) electrons. The Morgan fingerprint density at radius 3 is 2.29 bits per heavy atom. The van der Waals surface area contributed by atoms with E-state index in [2.05, 4.69) is 6.92 Å². The van der Waals surface area contributed by atoms with Crippen molar-refractivity contribution in [2.75, 3.05) is 0 Å². The molecule has 0 amide bonds. The minimum absolute atomic E-state index is 0. The normalized spacial score (nSPS) is 11.1. The maximum atomic E-state index is 12.2. The number of rotatable bonds is 11. The van der Waals surface area contributed by atoms with Gasteiger partial charge in [0.15, 0.2) is 0 Å². The van der Waals surface area contributed by atoms with Crippen LogP contribution in [0.5, 0.6) is 17.2 Å². The molecule has 0 aliphatic rings. The summed E-state index contributed by atoms with van der Waals surface area (Å²) in [6.07, 6.45) is 9.00. The summed E-state index contributed by atoms with van der Waals surface area (Å²) in [6, 6.07) is 10.5. The first-order valence-electron chi connectivity index (χ1n) is 9.46. The molecule has 148 valence electrons. The van der Waals surface area contributed by atoms with Gasteiger partial charge in [-0.05, 0) is 30.5 Å². The van der Waals surface area contributed by atoms with Gasteiger partial charge in [0.2, 0.25) is 0 Å². The summed E-state index contributed by atoms with van der Waals surface area (Å²) >= 11 is 0. The zero-order valence-electron chi connectivity index (χ0n) is 16.7. The zero-order valence-corrected chi connectivity index (χ0v) is 20.6. The van der Waals surface area contributed by atoms with Gasteiger partial charge in [0.05, 0.1) is 4.90 Å². The molecule has 0 atom stereocenters. The fourth-order valence-corrected chi connectivity index (χ4v) is 3.48. The molecule has 0 spiro atoms. The monoisotopic (exact) mass is 430 g/mol. The number of ether oxygens (including phenoxy) is 1. The fourth-order valence-electron chi connectivity index (χ4n) is 2.96. The molecule has 0 aliphatic carbocycles. The molecular weight excluding hydrogens is 403 g/mol. The van der Waals surface area contributed by atoms with E-state index in [0.717, 1.165) is 24.8 Å². The first kappa shape index (κ1) is 25.6. The third kappa shape index (κ3) is 8.53. The Labute approximate surface area is 210 Å². The van der Waals surface area contributed by atoms with Gasteiger partial charge in [-0.15, -0.1) is 0 Å². The summed E-state index contributed by atoms with van der Waals surface area (Å²) in [5.74, 6) is 0.179. The molecule has 0 fully saturated rings. The summed E-state index contributed by atoms with van der Waals surface area (Å²) in [6.45, 7) is 2.20. The molecule has 0 heterocycles. The summed E-state index contributed by atoms with van der Waals surface area (Å²) in [5, 5.41) is 12.2. The molecule has 7 heteroatoms. The average molecular weight is 431 g/mol. The largest absolute Gasteiger partial charge is 1.00 e. The Morgan fingerprint density at radius 2 is 1.61 bits per heavy atom. The first-order valence-corrected chi connectivity index (χ1v) is 10.9. The molecule has 2 aromatic carbocycles. The Bertz CT molecular complexity index is 836. The Morgan fingerprint density at radius 1 is 0.964 bits per heavy atom. The van der Waals surface area contributed by atoms with Crippen molar-refractivity contribution < 1.29 is 74.2 Å². The van der Waals surface area contributed by atoms with Gasteiger partial charge in [0, 0.05) is 6.07 Å². The Hall–Kier alpha value is -0.414. The predicted molar refractivity (Wildman–Crippen MR) is 104 cm³/mol. The molecule has 0 unspecified atom stereocenters. The van der Waals surface area contributed by atoms with E-state index in [4.69, 9.17) is 9.29 Å². The van der Waals surface area contributed by atoms with Gasteiger partial charge in [0.25, 0.3) is 10.1 Å². The number of benzene rings is 2. The van der Waals surface area contributed by atoms with Crippen molar-refractivity contribution >= 4 is 10.1 Å². The summed E-state index contributed by atoms with van der Waals surface area (Å²) in [4.78, 5) is -0.267. The van der Waals surface area contributed by atoms with Crippen LogP contribution in [-0.2, 0) is 16.5 Å². The maximum absolute atomic E-state index is 12.2. The van der Waals surface area contributed by atoms with Crippen LogP contribution in [0.15, 0.2) is 47.4 Å². The van der Waals surface area contributed by atoms with E-state index in [-0.39, 0.29) is 73.5 Å². The molecule has 2 rings (SSSR count). The second kappa shape index (κ2) is 13.0. The maximum Gasteiger partial charge on any atom is 1.00 e. The molecule has 1 N–H and O–H groups in total. The topological polar surface area (TPSA) is 86.7 Å². The van der Waals surface area contributed by atoms with Gasteiger partial charge in [-0.2, -0.15) is 8.42 Å². The SMILES string of the molecule is CCCCCCCCCc1cccc([O-])c1Oc1cccc(S(=O)(=O)O)c1.[K+]. The van der Waals surface area contributed by atoms with Crippen molar-refractivity contribution in [2.45, 2.75) is 63.2 Å². The third-order valence-corrected chi connectivity index (χ3v) is 5.28. The van der Waals surface area contributed by atoms with Gasteiger partial charge < -0.3 is 9.84 Å². The van der Waals surface area contributed by atoms with Crippen LogP contribution in [0.3, 0.4) is 0 Å². The van der Waals surface area contributed by atoms with Crippen LogP contribution in [0.25, 0.3) is 0 Å². The molecule has 0 saturated carbocycles. The van der Waals surface area contributed by atoms with Crippen LogP contribution < -0.4 is 61.2 Å². The standard InChI is InChI=1S/C21H28O5S.K/c1-2-3-4-5-6-7-8-11-17-12-9-15-20(22)21(17)26-18-13-10-14-19(16-18)27(23,24)25;/h9-10,12-16,22H,2-8,11H2,1H3,(H,23,24,25);/q;+1/p-1. The minimum Gasteiger partial charge on any atom is -0.870 e. The van der Waals surface area contributed by atoms with Gasteiger partial charge in [-0.3, -0.25) is 4.55 Å². The summed E-state index contributed by atoms with van der Waals surface area (Å²) in [7, 11) is -4.32. The molecule has 28 heavy (non-hydrogen) atoms. The first-order chi connectivity index (χ1) is 12.9. The third-order valence-electron chi connectivity index (χ3n) is 4.43. The van der Waals surface area contributed by atoms with Gasteiger partial charge in [-0.25, -0.2) is 0 Å². The van der Waals surface area contributed by atoms with E-state index in [1.165, 1.54) is 56.4 Å². The van der Waals surface area contributed by atoms with E-state index < -0.39 is 10.1 Å². The predicted octanol–water partition coefficient (Wildman–Crippen LogP) is 2.10. The summed E-state index contributed by atoms with van der Waals surface area (Å²) in [5.41, 5.74) is 0.813. The van der Waals surface area contributed by atoms with E-state index in [1.807, 2.05) is 6.07 Å². The van der Waals surface area contributed by atoms with E-state index in [1.54, 1.807) is 12.1 Å². The molecule has 0 saturated heterocycles.